The van der Waals surface area contributed by atoms with E-state index in [0.717, 1.165) is 16.7 Å². The lowest BCUT2D eigenvalue weighted by molar-refractivity contribution is -0.00581. The monoisotopic (exact) mass is 367 g/mol. The molecule has 4 rings (SSSR count). The van der Waals surface area contributed by atoms with Crippen molar-refractivity contribution in [1.29, 1.82) is 0 Å². The molecule has 0 radical (unpaired) electrons. The van der Waals surface area contributed by atoms with Gasteiger partial charge in [-0.05, 0) is 31.0 Å². The molecule has 2 aromatic heterocycles. The summed E-state index contributed by atoms with van der Waals surface area (Å²) in [6.45, 7) is 5.27. The molecule has 0 N–H and O–H groups in total. The number of hydrogen-bond acceptors (Lipinski definition) is 6. The first kappa shape index (κ1) is 17.4. The largest absolute Gasteiger partial charge is 0.377 e. The molecule has 0 saturated carbocycles. The number of aromatic nitrogens is 4. The van der Waals surface area contributed by atoms with Crippen LogP contribution in [0.4, 0.5) is 0 Å². The Kier molecular flexibility index (Phi) is 4.49. The summed E-state index contributed by atoms with van der Waals surface area (Å²) < 4.78 is 12.6. The summed E-state index contributed by atoms with van der Waals surface area (Å²) in [6, 6.07) is 5.37. The Labute approximate surface area is 156 Å². The van der Waals surface area contributed by atoms with Gasteiger partial charge in [0.05, 0.1) is 25.0 Å². The number of benzene rings is 1. The van der Waals surface area contributed by atoms with Gasteiger partial charge in [-0.3, -0.25) is 9.48 Å². The minimum absolute atomic E-state index is 0.0442. The van der Waals surface area contributed by atoms with Gasteiger partial charge in [-0.2, -0.15) is 10.1 Å². The van der Waals surface area contributed by atoms with Crippen LogP contribution in [0.25, 0.3) is 11.5 Å². The standard InChI is InChI=1S/C19H21N5O3/c1-12-5-4-6-15(13(12)2)19(25)24-7-8-26-11-16(24)17-21-18(27-22-17)14-9-20-23(3)10-14/h4-6,9-10,16H,7-8,11H2,1-3H3. The molecule has 1 aliphatic heterocycles. The van der Waals surface area contributed by atoms with Crippen LogP contribution in [0.3, 0.4) is 0 Å². The van der Waals surface area contributed by atoms with Crippen LogP contribution in [0.1, 0.15) is 33.4 Å². The number of morpholine rings is 1. The predicted octanol–water partition coefficient (Wildman–Crippen LogP) is 2.30. The van der Waals surface area contributed by atoms with Gasteiger partial charge in [0, 0.05) is 25.4 Å². The first-order valence-corrected chi connectivity index (χ1v) is 8.82. The zero-order chi connectivity index (χ0) is 19.0. The summed E-state index contributed by atoms with van der Waals surface area (Å²) in [5.74, 6) is 0.771. The Morgan fingerprint density at radius 3 is 2.93 bits per heavy atom. The van der Waals surface area contributed by atoms with Crippen molar-refractivity contribution in [3.8, 4) is 11.5 Å². The average Bonchev–Trinajstić information content (AvgIpc) is 3.32. The van der Waals surface area contributed by atoms with E-state index in [2.05, 4.69) is 15.2 Å². The normalized spacial score (nSPS) is 17.3. The Morgan fingerprint density at radius 2 is 2.15 bits per heavy atom. The van der Waals surface area contributed by atoms with Crippen molar-refractivity contribution < 1.29 is 14.1 Å². The highest BCUT2D eigenvalue weighted by atomic mass is 16.5. The van der Waals surface area contributed by atoms with Gasteiger partial charge in [-0.25, -0.2) is 0 Å². The molecule has 1 amide bonds. The second-order valence-electron chi connectivity index (χ2n) is 6.70. The van der Waals surface area contributed by atoms with E-state index in [1.165, 1.54) is 0 Å². The van der Waals surface area contributed by atoms with Crippen LogP contribution < -0.4 is 0 Å². The molecule has 1 saturated heterocycles. The summed E-state index contributed by atoms with van der Waals surface area (Å²) in [4.78, 5) is 19.5. The van der Waals surface area contributed by atoms with Crippen molar-refractivity contribution >= 4 is 5.91 Å². The van der Waals surface area contributed by atoms with Crippen LogP contribution in [0.15, 0.2) is 35.1 Å². The molecule has 0 spiro atoms. The SMILES string of the molecule is Cc1cccc(C(=O)N2CCOCC2c2noc(-c3cnn(C)c3)n2)c1C. The molecule has 27 heavy (non-hydrogen) atoms. The summed E-state index contributed by atoms with van der Waals surface area (Å²) in [7, 11) is 1.82. The third-order valence-corrected chi connectivity index (χ3v) is 4.92. The van der Waals surface area contributed by atoms with Crippen LogP contribution in [-0.4, -0.2) is 50.5 Å². The van der Waals surface area contributed by atoms with Gasteiger partial charge >= 0.3 is 0 Å². The Hall–Kier alpha value is -3.00. The second kappa shape index (κ2) is 6.96. The molecular weight excluding hydrogens is 346 g/mol. The van der Waals surface area contributed by atoms with E-state index < -0.39 is 0 Å². The van der Waals surface area contributed by atoms with Crippen molar-refractivity contribution in [1.82, 2.24) is 24.8 Å². The lowest BCUT2D eigenvalue weighted by atomic mass is 10.0. The van der Waals surface area contributed by atoms with Gasteiger partial charge in [-0.1, -0.05) is 17.3 Å². The summed E-state index contributed by atoms with van der Waals surface area (Å²) >= 11 is 0. The lowest BCUT2D eigenvalue weighted by Crippen LogP contribution is -2.44. The molecule has 1 fully saturated rings. The summed E-state index contributed by atoms with van der Waals surface area (Å²) in [6.07, 6.45) is 3.46. The molecule has 140 valence electrons. The van der Waals surface area contributed by atoms with Crippen LogP contribution in [0.5, 0.6) is 0 Å². The molecule has 0 bridgehead atoms. The van der Waals surface area contributed by atoms with Crippen LogP contribution in [0, 0.1) is 13.8 Å². The number of hydrogen-bond donors (Lipinski definition) is 0. The quantitative estimate of drug-likeness (QED) is 0.706. The number of carbonyl (C=O) groups is 1. The first-order chi connectivity index (χ1) is 13.0. The van der Waals surface area contributed by atoms with Gasteiger partial charge in [0.1, 0.15) is 6.04 Å². The van der Waals surface area contributed by atoms with Gasteiger partial charge in [0.2, 0.25) is 0 Å². The maximum atomic E-state index is 13.2. The fraction of sp³-hybridized carbons (Fsp3) is 0.368. The zero-order valence-electron chi connectivity index (χ0n) is 15.5. The first-order valence-electron chi connectivity index (χ1n) is 8.82. The number of rotatable bonds is 3. The van der Waals surface area contributed by atoms with Crippen molar-refractivity contribution in [3.05, 3.63) is 53.1 Å². The highest BCUT2D eigenvalue weighted by Crippen LogP contribution is 2.27. The molecule has 0 aliphatic carbocycles. The molecule has 3 aromatic rings. The van der Waals surface area contributed by atoms with Gasteiger partial charge in [0.25, 0.3) is 11.8 Å². The van der Waals surface area contributed by atoms with Crippen LogP contribution in [-0.2, 0) is 11.8 Å². The van der Waals surface area contributed by atoms with Crippen molar-refractivity contribution in [2.24, 2.45) is 7.05 Å². The zero-order valence-corrected chi connectivity index (χ0v) is 15.5. The number of amides is 1. The topological polar surface area (TPSA) is 86.3 Å². The van der Waals surface area contributed by atoms with Gasteiger partial charge in [0.15, 0.2) is 5.82 Å². The Bertz CT molecular complexity index is 977. The number of ether oxygens (including phenoxy) is 1. The van der Waals surface area contributed by atoms with Crippen LogP contribution >= 0.6 is 0 Å². The van der Waals surface area contributed by atoms with E-state index in [9.17, 15) is 4.79 Å². The van der Waals surface area contributed by atoms with E-state index in [4.69, 9.17) is 9.26 Å². The van der Waals surface area contributed by atoms with Crippen molar-refractivity contribution in [3.63, 3.8) is 0 Å². The van der Waals surface area contributed by atoms with E-state index in [1.54, 1.807) is 22.0 Å². The predicted molar refractivity (Wildman–Crippen MR) is 97.0 cm³/mol. The fourth-order valence-electron chi connectivity index (χ4n) is 3.22. The maximum absolute atomic E-state index is 13.2. The van der Waals surface area contributed by atoms with Crippen LogP contribution in [0.2, 0.25) is 0 Å². The average molecular weight is 367 g/mol. The smallest absolute Gasteiger partial charge is 0.261 e. The number of nitrogens with zero attached hydrogens (tertiary/aromatic N) is 5. The molecule has 8 heteroatoms. The second-order valence-corrected chi connectivity index (χ2v) is 6.70. The minimum atomic E-state index is -0.389. The third kappa shape index (κ3) is 3.23. The molecule has 1 aromatic carbocycles. The van der Waals surface area contributed by atoms with Gasteiger partial charge in [-0.15, -0.1) is 0 Å². The lowest BCUT2D eigenvalue weighted by Gasteiger charge is -2.34. The van der Waals surface area contributed by atoms with Gasteiger partial charge < -0.3 is 14.2 Å². The Morgan fingerprint density at radius 1 is 1.30 bits per heavy atom. The highest BCUT2D eigenvalue weighted by molar-refractivity contribution is 5.96. The van der Waals surface area contributed by atoms with E-state index in [1.807, 2.05) is 39.1 Å². The van der Waals surface area contributed by atoms with Crippen molar-refractivity contribution in [2.45, 2.75) is 19.9 Å². The van der Waals surface area contributed by atoms with E-state index in [0.29, 0.717) is 37.0 Å². The third-order valence-electron chi connectivity index (χ3n) is 4.92. The fourth-order valence-corrected chi connectivity index (χ4v) is 3.22. The van der Waals surface area contributed by atoms with E-state index >= 15 is 0 Å². The maximum Gasteiger partial charge on any atom is 0.261 e. The molecule has 1 unspecified atom stereocenters. The minimum Gasteiger partial charge on any atom is -0.377 e. The van der Waals surface area contributed by atoms with E-state index in [-0.39, 0.29) is 11.9 Å². The summed E-state index contributed by atoms with van der Waals surface area (Å²) in [5, 5.41) is 8.21. The molecule has 8 nitrogen and oxygen atoms in total. The highest BCUT2D eigenvalue weighted by Gasteiger charge is 2.33. The Balaban J connectivity index is 1.64. The number of aryl methyl sites for hydroxylation is 2. The molecular formula is C19H21N5O3. The molecule has 1 aliphatic rings. The molecule has 1 atom stereocenters. The number of carbonyl (C=O) groups excluding carboxylic acids is 1. The summed E-state index contributed by atoms with van der Waals surface area (Å²) in [5.41, 5.74) is 3.50. The van der Waals surface area contributed by atoms with Crippen molar-refractivity contribution in [2.75, 3.05) is 19.8 Å². The molecule has 3 heterocycles.